The molecule has 0 atom stereocenters. The molecule has 1 aromatic carbocycles. The van der Waals surface area contributed by atoms with Crippen molar-refractivity contribution in [3.05, 3.63) is 33.4 Å². The number of fused-ring (bicyclic) bond motifs is 2. The zero-order chi connectivity index (χ0) is 9.16. The van der Waals surface area contributed by atoms with Crippen LogP contribution in [-0.4, -0.2) is 5.78 Å². The Morgan fingerprint density at radius 2 is 1.62 bits per heavy atom. The smallest absolute Gasteiger partial charge is 0.163 e. The third-order valence-electron chi connectivity index (χ3n) is 3.51. The lowest BCUT2D eigenvalue weighted by atomic mass is 10.00. The number of carbonyl (C=O) groups excluding carboxylic acids is 1. The second kappa shape index (κ2) is 2.03. The maximum atomic E-state index is 11.6. The van der Waals surface area contributed by atoms with Crippen LogP contribution < -0.4 is 0 Å². The summed E-state index contributed by atoms with van der Waals surface area (Å²) in [6.45, 7) is 4.27. The average molecular weight is 172 g/mol. The van der Waals surface area contributed by atoms with E-state index in [1.807, 2.05) is 0 Å². The maximum absolute atomic E-state index is 11.6. The van der Waals surface area contributed by atoms with E-state index in [1.165, 1.54) is 27.8 Å². The van der Waals surface area contributed by atoms with Crippen LogP contribution in [-0.2, 0) is 12.8 Å². The van der Waals surface area contributed by atoms with Crippen LogP contribution in [0, 0.1) is 13.8 Å². The van der Waals surface area contributed by atoms with Gasteiger partial charge in [-0.1, -0.05) is 0 Å². The number of Topliss-reactive ketones (excluding diaryl/α,β-unsaturated/α-hetero) is 1. The van der Waals surface area contributed by atoms with Crippen molar-refractivity contribution in [2.24, 2.45) is 0 Å². The molecule has 2 aliphatic rings. The van der Waals surface area contributed by atoms with E-state index in [0.717, 1.165) is 24.8 Å². The van der Waals surface area contributed by atoms with Gasteiger partial charge in [0.2, 0.25) is 0 Å². The van der Waals surface area contributed by atoms with E-state index in [1.54, 1.807) is 0 Å². The monoisotopic (exact) mass is 172 g/mol. The van der Waals surface area contributed by atoms with Crippen LogP contribution >= 0.6 is 0 Å². The van der Waals surface area contributed by atoms with Crippen molar-refractivity contribution in [2.45, 2.75) is 33.1 Å². The maximum Gasteiger partial charge on any atom is 0.163 e. The molecule has 0 aliphatic heterocycles. The van der Waals surface area contributed by atoms with Gasteiger partial charge in [0.25, 0.3) is 0 Å². The van der Waals surface area contributed by atoms with E-state index >= 15 is 0 Å². The summed E-state index contributed by atoms with van der Waals surface area (Å²) in [7, 11) is 0. The second-order valence-corrected chi connectivity index (χ2v) is 4.16. The summed E-state index contributed by atoms with van der Waals surface area (Å²) >= 11 is 0. The van der Waals surface area contributed by atoms with Crippen molar-refractivity contribution in [3.8, 4) is 0 Å². The highest BCUT2D eigenvalue weighted by Crippen LogP contribution is 2.42. The van der Waals surface area contributed by atoms with Gasteiger partial charge in [0.1, 0.15) is 0 Å². The Hall–Kier alpha value is -1.11. The molecule has 0 radical (unpaired) electrons. The van der Waals surface area contributed by atoms with Gasteiger partial charge >= 0.3 is 0 Å². The number of ketones is 1. The van der Waals surface area contributed by atoms with E-state index in [-0.39, 0.29) is 0 Å². The largest absolute Gasteiger partial charge is 0.294 e. The van der Waals surface area contributed by atoms with Gasteiger partial charge in [0.15, 0.2) is 5.78 Å². The second-order valence-electron chi connectivity index (χ2n) is 4.16. The van der Waals surface area contributed by atoms with E-state index < -0.39 is 0 Å². The van der Waals surface area contributed by atoms with Crippen molar-refractivity contribution >= 4 is 5.78 Å². The summed E-state index contributed by atoms with van der Waals surface area (Å²) < 4.78 is 0. The molecule has 66 valence electrons. The number of hydrogen-bond donors (Lipinski definition) is 0. The zero-order valence-electron chi connectivity index (χ0n) is 8.03. The van der Waals surface area contributed by atoms with Crippen LogP contribution in [0.1, 0.15) is 44.6 Å². The third-order valence-corrected chi connectivity index (χ3v) is 3.51. The summed E-state index contributed by atoms with van der Waals surface area (Å²) in [5, 5.41) is 0. The molecule has 0 fully saturated rings. The quantitative estimate of drug-likeness (QED) is 0.596. The van der Waals surface area contributed by atoms with Gasteiger partial charge in [-0.15, -0.1) is 0 Å². The molecule has 0 N–H and O–H groups in total. The molecular weight excluding hydrogens is 160 g/mol. The van der Waals surface area contributed by atoms with Crippen LogP contribution in [0.4, 0.5) is 0 Å². The first-order chi connectivity index (χ1) is 6.20. The number of carbonyl (C=O) groups is 1. The molecule has 3 rings (SSSR count). The first-order valence-electron chi connectivity index (χ1n) is 4.87. The molecule has 0 heterocycles. The Balaban J connectivity index is 2.40. The molecular formula is C12H12O. The Morgan fingerprint density at radius 1 is 0.923 bits per heavy atom. The van der Waals surface area contributed by atoms with Crippen molar-refractivity contribution in [1.29, 1.82) is 0 Å². The SMILES string of the molecule is Cc1c2c(c(C)c3c1CCC3=O)C2. The topological polar surface area (TPSA) is 17.1 Å². The predicted octanol–water partition coefficient (Wildman–Crippen LogP) is 2.34. The molecule has 0 spiro atoms. The van der Waals surface area contributed by atoms with E-state index in [2.05, 4.69) is 13.8 Å². The van der Waals surface area contributed by atoms with Gasteiger partial charge in [-0.25, -0.2) is 0 Å². The van der Waals surface area contributed by atoms with Crippen molar-refractivity contribution < 1.29 is 4.79 Å². The van der Waals surface area contributed by atoms with Crippen LogP contribution in [0.15, 0.2) is 0 Å². The number of benzene rings is 1. The fourth-order valence-electron chi connectivity index (χ4n) is 2.65. The number of hydrogen-bond acceptors (Lipinski definition) is 1. The molecule has 0 bridgehead atoms. The van der Waals surface area contributed by atoms with E-state index in [9.17, 15) is 4.79 Å². The predicted molar refractivity (Wildman–Crippen MR) is 51.4 cm³/mol. The third kappa shape index (κ3) is 0.749. The minimum atomic E-state index is 0.366. The lowest BCUT2D eigenvalue weighted by Crippen LogP contribution is -1.96. The summed E-state index contributed by atoms with van der Waals surface area (Å²) in [5.74, 6) is 0.366. The summed E-state index contributed by atoms with van der Waals surface area (Å²) in [4.78, 5) is 11.6. The molecule has 1 aromatic rings. The first kappa shape index (κ1) is 7.31. The average Bonchev–Trinajstić information content (AvgIpc) is 2.81. The van der Waals surface area contributed by atoms with Crippen molar-refractivity contribution in [1.82, 2.24) is 0 Å². The standard InChI is InChI=1S/C12H12O/c1-6-8-3-4-11(13)12(8)7(2)10-5-9(6)10/h3-5H2,1-2H3. The van der Waals surface area contributed by atoms with E-state index in [0.29, 0.717) is 5.78 Å². The molecule has 0 amide bonds. The highest BCUT2D eigenvalue weighted by atomic mass is 16.1. The van der Waals surface area contributed by atoms with Crippen LogP contribution in [0.5, 0.6) is 0 Å². The van der Waals surface area contributed by atoms with Gasteiger partial charge in [0, 0.05) is 12.0 Å². The fraction of sp³-hybridized carbons (Fsp3) is 0.417. The summed E-state index contributed by atoms with van der Waals surface area (Å²) in [5.41, 5.74) is 8.06. The molecule has 0 aromatic heterocycles. The van der Waals surface area contributed by atoms with Gasteiger partial charge in [-0.2, -0.15) is 0 Å². The molecule has 2 aliphatic carbocycles. The number of rotatable bonds is 0. The Bertz CT molecular complexity index is 441. The molecule has 0 saturated heterocycles. The lowest BCUT2D eigenvalue weighted by molar-refractivity contribution is 0.0994. The Morgan fingerprint density at radius 3 is 2.38 bits per heavy atom. The molecule has 1 nitrogen and oxygen atoms in total. The van der Waals surface area contributed by atoms with Crippen LogP contribution in [0.25, 0.3) is 0 Å². The van der Waals surface area contributed by atoms with Gasteiger partial charge in [0.05, 0.1) is 0 Å². The zero-order valence-corrected chi connectivity index (χ0v) is 8.03. The highest BCUT2D eigenvalue weighted by molar-refractivity contribution is 6.03. The molecule has 13 heavy (non-hydrogen) atoms. The molecule has 0 unspecified atom stereocenters. The normalized spacial score (nSPS) is 17.2. The fourth-order valence-corrected chi connectivity index (χ4v) is 2.65. The molecule has 0 saturated carbocycles. The van der Waals surface area contributed by atoms with Crippen LogP contribution in [0.2, 0.25) is 0 Å². The minimum absolute atomic E-state index is 0.366. The van der Waals surface area contributed by atoms with Crippen molar-refractivity contribution in [3.63, 3.8) is 0 Å². The summed E-state index contributed by atoms with van der Waals surface area (Å²) in [6.07, 6.45) is 2.85. The highest BCUT2D eigenvalue weighted by Gasteiger charge is 2.32. The lowest BCUT2D eigenvalue weighted by Gasteiger charge is -2.04. The van der Waals surface area contributed by atoms with Crippen LogP contribution in [0.3, 0.4) is 0 Å². The molecule has 1 heteroatoms. The summed E-state index contributed by atoms with van der Waals surface area (Å²) in [6, 6.07) is 0. The Labute approximate surface area is 77.8 Å². The minimum Gasteiger partial charge on any atom is -0.294 e. The first-order valence-corrected chi connectivity index (χ1v) is 4.87. The Kier molecular flexibility index (Phi) is 1.14. The van der Waals surface area contributed by atoms with Gasteiger partial charge in [-0.05, 0) is 54.5 Å². The van der Waals surface area contributed by atoms with Gasteiger partial charge < -0.3 is 0 Å². The van der Waals surface area contributed by atoms with E-state index in [4.69, 9.17) is 0 Å². The van der Waals surface area contributed by atoms with Crippen molar-refractivity contribution in [2.75, 3.05) is 0 Å². The van der Waals surface area contributed by atoms with Gasteiger partial charge in [-0.3, -0.25) is 4.79 Å².